The Labute approximate surface area is 265 Å². The number of carbonyl (C=O) groups excluding carboxylic acids is 3. The molecular formula is C33H30N4O8S. The molecule has 2 aliphatic heterocycles. The summed E-state index contributed by atoms with van der Waals surface area (Å²) in [4.78, 5) is 54.3. The molecule has 0 aromatic heterocycles. The number of benzene rings is 4. The average Bonchev–Trinajstić information content (AvgIpc) is 3.08. The number of para-hydroxylation sites is 1. The summed E-state index contributed by atoms with van der Waals surface area (Å²) in [7, 11) is -2.78. The third kappa shape index (κ3) is 5.48. The number of amides is 3. The highest BCUT2D eigenvalue weighted by atomic mass is 32.2. The molecule has 13 heteroatoms. The number of nitro groups is 1. The number of rotatable bonds is 9. The van der Waals surface area contributed by atoms with Gasteiger partial charge in [0.2, 0.25) is 15.9 Å². The molecule has 4 aromatic carbocycles. The summed E-state index contributed by atoms with van der Waals surface area (Å²) in [5.41, 5.74) is 0.740. The number of hydrogen-bond donors (Lipinski definition) is 0. The molecule has 0 bridgehead atoms. The molecule has 0 spiro atoms. The van der Waals surface area contributed by atoms with E-state index in [0.717, 1.165) is 20.7 Å². The SMILES string of the molecule is COc1ccc(N(CCN2C(=O)c3cccc4cccc(c34)C2=O)C(=O)[C@@H]2CCCN(S(=O)(=O)c3ccccc3[N+](=O)[O-])C2)cc1. The number of imide groups is 1. The van der Waals surface area contributed by atoms with Gasteiger partial charge in [-0.25, -0.2) is 8.42 Å². The standard InChI is InChI=1S/C33H30N4O8S/c1-45-25-16-14-24(15-17-25)35(19-20-36-32(39)26-10-4-7-22-8-5-11-27(30(22)26)33(36)40)31(38)23-9-6-18-34(21-23)46(43,44)29-13-3-2-12-28(29)37(41)42/h2-5,7-8,10-17,23H,6,9,18-21H2,1H3/t23-/m1/s1. The van der Waals surface area contributed by atoms with Gasteiger partial charge in [0.25, 0.3) is 17.5 Å². The number of nitro benzene ring substituents is 1. The minimum Gasteiger partial charge on any atom is -0.497 e. The maximum atomic E-state index is 14.2. The summed E-state index contributed by atoms with van der Waals surface area (Å²) >= 11 is 0. The van der Waals surface area contributed by atoms with Gasteiger partial charge in [-0.05, 0) is 60.7 Å². The Morgan fingerprint density at radius 1 is 0.957 bits per heavy atom. The van der Waals surface area contributed by atoms with Gasteiger partial charge in [0, 0.05) is 54.4 Å². The van der Waals surface area contributed by atoms with E-state index in [4.69, 9.17) is 4.74 Å². The Kier molecular flexibility index (Phi) is 8.28. The minimum absolute atomic E-state index is 0.0474. The molecule has 3 amide bonds. The van der Waals surface area contributed by atoms with Crippen LogP contribution in [-0.2, 0) is 14.8 Å². The molecule has 0 unspecified atom stereocenters. The molecule has 236 valence electrons. The van der Waals surface area contributed by atoms with Crippen molar-refractivity contribution in [3.8, 4) is 5.75 Å². The van der Waals surface area contributed by atoms with Gasteiger partial charge in [-0.2, -0.15) is 4.31 Å². The van der Waals surface area contributed by atoms with Crippen molar-refractivity contribution in [2.24, 2.45) is 5.92 Å². The fourth-order valence-electron chi connectivity index (χ4n) is 6.16. The van der Waals surface area contributed by atoms with E-state index < -0.39 is 49.2 Å². The van der Waals surface area contributed by atoms with Crippen LogP contribution < -0.4 is 9.64 Å². The van der Waals surface area contributed by atoms with E-state index in [1.165, 1.54) is 30.2 Å². The van der Waals surface area contributed by atoms with Crippen LogP contribution >= 0.6 is 0 Å². The van der Waals surface area contributed by atoms with Gasteiger partial charge >= 0.3 is 0 Å². The van der Waals surface area contributed by atoms with E-state index in [1.54, 1.807) is 48.5 Å². The summed E-state index contributed by atoms with van der Waals surface area (Å²) in [5.74, 6) is -1.55. The number of piperidine rings is 1. The zero-order valence-corrected chi connectivity index (χ0v) is 25.7. The molecule has 46 heavy (non-hydrogen) atoms. The van der Waals surface area contributed by atoms with Gasteiger partial charge in [-0.3, -0.25) is 29.4 Å². The highest BCUT2D eigenvalue weighted by Gasteiger charge is 2.39. The first-order valence-electron chi connectivity index (χ1n) is 14.7. The number of methoxy groups -OCH3 is 1. The van der Waals surface area contributed by atoms with Crippen LogP contribution in [0.4, 0.5) is 11.4 Å². The summed E-state index contributed by atoms with van der Waals surface area (Å²) in [6.45, 7) is -0.238. The van der Waals surface area contributed by atoms with Crippen LogP contribution in [0.15, 0.2) is 89.8 Å². The lowest BCUT2D eigenvalue weighted by atomic mass is 9.94. The van der Waals surface area contributed by atoms with Crippen LogP contribution in [0.25, 0.3) is 10.8 Å². The highest BCUT2D eigenvalue weighted by Crippen LogP contribution is 2.33. The second-order valence-electron chi connectivity index (χ2n) is 11.1. The third-order valence-corrected chi connectivity index (χ3v) is 10.4. The normalized spacial score (nSPS) is 16.8. The van der Waals surface area contributed by atoms with Gasteiger partial charge in [-0.15, -0.1) is 0 Å². The van der Waals surface area contributed by atoms with E-state index in [-0.39, 0.29) is 26.2 Å². The van der Waals surface area contributed by atoms with E-state index in [1.807, 2.05) is 12.1 Å². The van der Waals surface area contributed by atoms with Crippen molar-refractivity contribution in [1.82, 2.24) is 9.21 Å². The van der Waals surface area contributed by atoms with Crippen molar-refractivity contribution < 1.29 is 32.5 Å². The van der Waals surface area contributed by atoms with Gasteiger partial charge in [0.1, 0.15) is 5.75 Å². The first-order valence-corrected chi connectivity index (χ1v) is 16.1. The van der Waals surface area contributed by atoms with Crippen molar-refractivity contribution in [2.45, 2.75) is 17.7 Å². The molecule has 1 atom stereocenters. The molecule has 0 aliphatic carbocycles. The zero-order chi connectivity index (χ0) is 32.6. The predicted octanol–water partition coefficient (Wildman–Crippen LogP) is 4.49. The van der Waals surface area contributed by atoms with Gasteiger partial charge < -0.3 is 9.64 Å². The molecule has 12 nitrogen and oxygen atoms in total. The van der Waals surface area contributed by atoms with E-state index in [2.05, 4.69) is 0 Å². The van der Waals surface area contributed by atoms with E-state index in [0.29, 0.717) is 40.8 Å². The van der Waals surface area contributed by atoms with Crippen molar-refractivity contribution in [1.29, 1.82) is 0 Å². The van der Waals surface area contributed by atoms with Crippen LogP contribution in [0.3, 0.4) is 0 Å². The highest BCUT2D eigenvalue weighted by molar-refractivity contribution is 7.89. The molecule has 4 aromatic rings. The smallest absolute Gasteiger partial charge is 0.289 e. The molecule has 1 fully saturated rings. The molecule has 0 radical (unpaired) electrons. The molecule has 0 N–H and O–H groups in total. The van der Waals surface area contributed by atoms with Gasteiger partial charge in [0.05, 0.1) is 18.0 Å². The summed E-state index contributed by atoms with van der Waals surface area (Å²) < 4.78 is 33.5. The van der Waals surface area contributed by atoms with Gasteiger partial charge in [-0.1, -0.05) is 36.4 Å². The number of ether oxygens (including phenoxy) is 1. The van der Waals surface area contributed by atoms with Crippen LogP contribution in [0.1, 0.15) is 33.6 Å². The Balaban J connectivity index is 1.28. The van der Waals surface area contributed by atoms with Crippen LogP contribution in [0.5, 0.6) is 5.75 Å². The number of nitrogens with zero attached hydrogens (tertiary/aromatic N) is 4. The monoisotopic (exact) mass is 642 g/mol. The fourth-order valence-corrected chi connectivity index (χ4v) is 7.84. The summed E-state index contributed by atoms with van der Waals surface area (Å²) in [5, 5.41) is 13.0. The molecule has 6 rings (SSSR count). The lowest BCUT2D eigenvalue weighted by Crippen LogP contribution is -2.50. The van der Waals surface area contributed by atoms with Crippen molar-refractivity contribution in [3.05, 3.63) is 106 Å². The Morgan fingerprint density at radius 2 is 1.61 bits per heavy atom. The number of anilines is 1. The Hall–Kier alpha value is -5.14. The van der Waals surface area contributed by atoms with Crippen LogP contribution in [0.2, 0.25) is 0 Å². The minimum atomic E-state index is -4.29. The van der Waals surface area contributed by atoms with E-state index >= 15 is 0 Å². The molecule has 1 saturated heterocycles. The topological polar surface area (TPSA) is 147 Å². The second kappa shape index (κ2) is 12.3. The predicted molar refractivity (Wildman–Crippen MR) is 169 cm³/mol. The van der Waals surface area contributed by atoms with Crippen molar-refractivity contribution in [2.75, 3.05) is 38.2 Å². The lowest BCUT2D eigenvalue weighted by Gasteiger charge is -2.35. The number of sulfonamides is 1. The second-order valence-corrected chi connectivity index (χ2v) is 13.0. The first-order chi connectivity index (χ1) is 22.1. The zero-order valence-electron chi connectivity index (χ0n) is 24.9. The number of carbonyl (C=O) groups is 3. The molecule has 0 saturated carbocycles. The molecule has 2 heterocycles. The largest absolute Gasteiger partial charge is 0.497 e. The quantitative estimate of drug-likeness (QED) is 0.147. The summed E-state index contributed by atoms with van der Waals surface area (Å²) in [6.07, 6.45) is 0.738. The maximum Gasteiger partial charge on any atom is 0.289 e. The van der Waals surface area contributed by atoms with Crippen molar-refractivity contribution in [3.63, 3.8) is 0 Å². The lowest BCUT2D eigenvalue weighted by molar-refractivity contribution is -0.387. The fraction of sp³-hybridized carbons (Fsp3) is 0.242. The Bertz CT molecular complexity index is 1930. The number of hydrogen-bond acceptors (Lipinski definition) is 8. The van der Waals surface area contributed by atoms with Gasteiger partial charge in [0.15, 0.2) is 4.90 Å². The van der Waals surface area contributed by atoms with Crippen molar-refractivity contribution >= 4 is 49.9 Å². The van der Waals surface area contributed by atoms with Crippen LogP contribution in [-0.4, -0.2) is 73.6 Å². The first kappa shape index (κ1) is 30.9. The third-order valence-electron chi connectivity index (χ3n) is 8.47. The maximum absolute atomic E-state index is 14.2. The molecular weight excluding hydrogens is 612 g/mol. The summed E-state index contributed by atoms with van der Waals surface area (Å²) in [6, 6.07) is 22.4. The van der Waals surface area contributed by atoms with Crippen LogP contribution in [0, 0.1) is 16.0 Å². The Morgan fingerprint density at radius 3 is 2.24 bits per heavy atom. The molecule has 2 aliphatic rings. The average molecular weight is 643 g/mol. The van der Waals surface area contributed by atoms with E-state index in [9.17, 15) is 32.9 Å².